The predicted octanol–water partition coefficient (Wildman–Crippen LogP) is 3.67. The summed E-state index contributed by atoms with van der Waals surface area (Å²) in [6.07, 6.45) is 0. The van der Waals surface area contributed by atoms with Crippen LogP contribution in [0.3, 0.4) is 0 Å². The number of ether oxygens (including phenoxy) is 2. The van der Waals surface area contributed by atoms with E-state index in [4.69, 9.17) is 15.2 Å². The molecule has 0 aliphatic rings. The van der Waals surface area contributed by atoms with Gasteiger partial charge in [0, 0.05) is 3.57 Å². The molecule has 0 saturated heterocycles. The molecule has 0 aliphatic heterocycles. The summed E-state index contributed by atoms with van der Waals surface area (Å²) in [5.41, 5.74) is 6.50. The van der Waals surface area contributed by atoms with Gasteiger partial charge in [-0.1, -0.05) is 12.1 Å². The largest absolute Gasteiger partial charge is 0.493 e. The lowest BCUT2D eigenvalue weighted by Crippen LogP contribution is -1.94. The zero-order chi connectivity index (χ0) is 12.3. The Labute approximate surface area is 114 Å². The number of hydrogen-bond donors (Lipinski definition) is 1. The van der Waals surface area contributed by atoms with Crippen molar-refractivity contribution in [1.82, 2.24) is 0 Å². The first-order valence-electron chi connectivity index (χ1n) is 5.06. The summed E-state index contributed by atoms with van der Waals surface area (Å²) in [6.45, 7) is 0. The molecule has 2 aromatic carbocycles. The summed E-state index contributed by atoms with van der Waals surface area (Å²) in [4.78, 5) is 0. The lowest BCUT2D eigenvalue weighted by atomic mass is 10.3. The van der Waals surface area contributed by atoms with E-state index < -0.39 is 0 Å². The first-order chi connectivity index (χ1) is 8.20. The van der Waals surface area contributed by atoms with E-state index >= 15 is 0 Å². The van der Waals surface area contributed by atoms with Crippen molar-refractivity contribution in [2.24, 2.45) is 0 Å². The Hall–Kier alpha value is -1.43. The minimum atomic E-state index is 0.614. The summed E-state index contributed by atoms with van der Waals surface area (Å²) >= 11 is 2.21. The fraction of sp³-hybridized carbons (Fsp3) is 0.0769. The predicted molar refractivity (Wildman–Crippen MR) is 76.6 cm³/mol. The first-order valence-corrected chi connectivity index (χ1v) is 6.14. The van der Waals surface area contributed by atoms with Gasteiger partial charge in [-0.15, -0.1) is 0 Å². The number of para-hydroxylation sites is 2. The molecule has 0 unspecified atom stereocenters. The maximum Gasteiger partial charge on any atom is 0.169 e. The Morgan fingerprint density at radius 3 is 2.35 bits per heavy atom. The number of nitrogen functional groups attached to an aromatic ring is 1. The van der Waals surface area contributed by atoms with Crippen molar-refractivity contribution in [2.45, 2.75) is 0 Å². The topological polar surface area (TPSA) is 44.5 Å². The van der Waals surface area contributed by atoms with Gasteiger partial charge in [-0.05, 0) is 52.9 Å². The van der Waals surface area contributed by atoms with Gasteiger partial charge in [0.1, 0.15) is 0 Å². The van der Waals surface area contributed by atoms with Crippen LogP contribution in [0, 0.1) is 3.57 Å². The third-order valence-electron chi connectivity index (χ3n) is 2.26. The van der Waals surface area contributed by atoms with E-state index in [2.05, 4.69) is 22.6 Å². The number of rotatable bonds is 3. The van der Waals surface area contributed by atoms with E-state index in [1.807, 2.05) is 42.5 Å². The maximum absolute atomic E-state index is 5.89. The molecule has 2 rings (SSSR count). The fourth-order valence-electron chi connectivity index (χ4n) is 1.43. The van der Waals surface area contributed by atoms with Crippen LogP contribution < -0.4 is 15.2 Å². The molecule has 0 atom stereocenters. The van der Waals surface area contributed by atoms with Crippen LogP contribution in [-0.4, -0.2) is 7.11 Å². The molecule has 88 valence electrons. The molecule has 3 nitrogen and oxygen atoms in total. The van der Waals surface area contributed by atoms with Crippen LogP contribution in [0.5, 0.6) is 17.2 Å². The average molecular weight is 341 g/mol. The number of nitrogens with two attached hydrogens (primary N) is 1. The van der Waals surface area contributed by atoms with Crippen molar-refractivity contribution in [3.8, 4) is 17.2 Å². The SMILES string of the molecule is COc1ccccc1Oc1ccc(I)cc1N. The van der Waals surface area contributed by atoms with Crippen LogP contribution >= 0.6 is 22.6 Å². The van der Waals surface area contributed by atoms with Gasteiger partial charge in [0.25, 0.3) is 0 Å². The van der Waals surface area contributed by atoms with E-state index in [-0.39, 0.29) is 0 Å². The van der Waals surface area contributed by atoms with Gasteiger partial charge in [-0.3, -0.25) is 0 Å². The Morgan fingerprint density at radius 2 is 1.71 bits per heavy atom. The van der Waals surface area contributed by atoms with Crippen molar-refractivity contribution in [2.75, 3.05) is 12.8 Å². The summed E-state index contributed by atoms with van der Waals surface area (Å²) < 4.78 is 12.0. The number of anilines is 1. The maximum atomic E-state index is 5.89. The van der Waals surface area contributed by atoms with Crippen LogP contribution in [0.15, 0.2) is 42.5 Å². The van der Waals surface area contributed by atoms with Gasteiger partial charge in [-0.2, -0.15) is 0 Å². The Kier molecular flexibility index (Phi) is 3.73. The van der Waals surface area contributed by atoms with Gasteiger partial charge < -0.3 is 15.2 Å². The Morgan fingerprint density at radius 1 is 1.00 bits per heavy atom. The van der Waals surface area contributed by atoms with Crippen LogP contribution in [0.4, 0.5) is 5.69 Å². The molecule has 0 bridgehead atoms. The minimum absolute atomic E-state index is 0.614. The monoisotopic (exact) mass is 341 g/mol. The third-order valence-corrected chi connectivity index (χ3v) is 2.93. The number of hydrogen-bond acceptors (Lipinski definition) is 3. The molecular formula is C13H12INO2. The normalized spacial score (nSPS) is 10.0. The molecule has 0 fully saturated rings. The fourth-order valence-corrected chi connectivity index (χ4v) is 1.95. The quantitative estimate of drug-likeness (QED) is 0.684. The van der Waals surface area contributed by atoms with Crippen molar-refractivity contribution in [1.29, 1.82) is 0 Å². The lowest BCUT2D eigenvalue weighted by molar-refractivity contribution is 0.379. The van der Waals surface area contributed by atoms with E-state index in [1.165, 1.54) is 0 Å². The molecule has 0 radical (unpaired) electrons. The highest BCUT2D eigenvalue weighted by Gasteiger charge is 2.06. The molecule has 17 heavy (non-hydrogen) atoms. The molecule has 2 N–H and O–H groups in total. The minimum Gasteiger partial charge on any atom is -0.493 e. The van der Waals surface area contributed by atoms with Gasteiger partial charge in [0.05, 0.1) is 12.8 Å². The average Bonchev–Trinajstić information content (AvgIpc) is 2.33. The summed E-state index contributed by atoms with van der Waals surface area (Å²) in [6, 6.07) is 13.1. The molecule has 0 heterocycles. The summed E-state index contributed by atoms with van der Waals surface area (Å²) in [7, 11) is 1.61. The van der Waals surface area contributed by atoms with Gasteiger partial charge in [-0.25, -0.2) is 0 Å². The number of benzene rings is 2. The molecular weight excluding hydrogens is 329 g/mol. The van der Waals surface area contributed by atoms with E-state index in [1.54, 1.807) is 7.11 Å². The van der Waals surface area contributed by atoms with Crippen LogP contribution in [-0.2, 0) is 0 Å². The van der Waals surface area contributed by atoms with Gasteiger partial charge in [0.15, 0.2) is 17.2 Å². The van der Waals surface area contributed by atoms with Crippen LogP contribution in [0.1, 0.15) is 0 Å². The summed E-state index contributed by atoms with van der Waals surface area (Å²) in [5.74, 6) is 1.98. The van der Waals surface area contributed by atoms with E-state index in [9.17, 15) is 0 Å². The highest BCUT2D eigenvalue weighted by molar-refractivity contribution is 14.1. The van der Waals surface area contributed by atoms with Crippen LogP contribution in [0.25, 0.3) is 0 Å². The smallest absolute Gasteiger partial charge is 0.169 e. The van der Waals surface area contributed by atoms with E-state index in [0.29, 0.717) is 22.9 Å². The molecule has 4 heteroatoms. The molecule has 0 amide bonds. The highest BCUT2D eigenvalue weighted by Crippen LogP contribution is 2.34. The second-order valence-corrected chi connectivity index (χ2v) is 4.68. The highest BCUT2D eigenvalue weighted by atomic mass is 127. The first kappa shape index (κ1) is 12.0. The Bertz CT molecular complexity index is 529. The van der Waals surface area contributed by atoms with Crippen molar-refractivity contribution < 1.29 is 9.47 Å². The van der Waals surface area contributed by atoms with Crippen molar-refractivity contribution in [3.05, 3.63) is 46.0 Å². The molecule has 2 aromatic rings. The molecule has 0 saturated carbocycles. The zero-order valence-electron chi connectivity index (χ0n) is 9.31. The summed E-state index contributed by atoms with van der Waals surface area (Å²) in [5, 5.41) is 0. The zero-order valence-corrected chi connectivity index (χ0v) is 11.5. The number of methoxy groups -OCH3 is 1. The second-order valence-electron chi connectivity index (χ2n) is 3.44. The lowest BCUT2D eigenvalue weighted by Gasteiger charge is -2.11. The number of halogens is 1. The standard InChI is InChI=1S/C13H12INO2/c1-16-12-4-2-3-5-13(12)17-11-7-6-9(14)8-10(11)15/h2-8H,15H2,1H3. The van der Waals surface area contributed by atoms with Crippen molar-refractivity contribution in [3.63, 3.8) is 0 Å². The van der Waals surface area contributed by atoms with Gasteiger partial charge >= 0.3 is 0 Å². The van der Waals surface area contributed by atoms with Crippen molar-refractivity contribution >= 4 is 28.3 Å². The van der Waals surface area contributed by atoms with E-state index in [0.717, 1.165) is 3.57 Å². The third kappa shape index (κ3) is 2.82. The van der Waals surface area contributed by atoms with Gasteiger partial charge in [0.2, 0.25) is 0 Å². The molecule has 0 aromatic heterocycles. The molecule has 0 spiro atoms. The van der Waals surface area contributed by atoms with Crippen LogP contribution in [0.2, 0.25) is 0 Å². The molecule has 0 aliphatic carbocycles. The second kappa shape index (κ2) is 5.27. The Balaban J connectivity index is 2.31.